The average Bonchev–Trinajstić information content (AvgIpc) is 3.08. The highest BCUT2D eigenvalue weighted by Crippen LogP contribution is 2.33. The molecule has 0 aromatic heterocycles. The third-order valence-corrected chi connectivity index (χ3v) is 10.4. The predicted molar refractivity (Wildman–Crippen MR) is 177 cm³/mol. The molecular formula is C39H50N2O3. The van der Waals surface area contributed by atoms with E-state index >= 15 is 0 Å². The molecule has 1 saturated heterocycles. The Morgan fingerprint density at radius 2 is 1.52 bits per heavy atom. The van der Waals surface area contributed by atoms with E-state index in [0.717, 1.165) is 76.3 Å². The number of likely N-dealkylation sites (N-methyl/N-ethyl adjacent to an activating group) is 1. The molecule has 1 amide bonds. The number of amides is 1. The van der Waals surface area contributed by atoms with Crippen molar-refractivity contribution in [3.05, 3.63) is 100 Å². The third kappa shape index (κ3) is 7.73. The van der Waals surface area contributed by atoms with E-state index in [-0.39, 0.29) is 11.9 Å². The zero-order chi connectivity index (χ0) is 30.3. The first-order valence-corrected chi connectivity index (χ1v) is 17.0. The van der Waals surface area contributed by atoms with E-state index in [9.17, 15) is 4.79 Å². The molecule has 1 saturated carbocycles. The summed E-state index contributed by atoms with van der Waals surface area (Å²) >= 11 is 0. The molecule has 0 spiro atoms. The molecule has 44 heavy (non-hydrogen) atoms. The van der Waals surface area contributed by atoms with Gasteiger partial charge in [0.1, 0.15) is 5.75 Å². The van der Waals surface area contributed by atoms with Gasteiger partial charge in [0, 0.05) is 51.5 Å². The molecule has 1 heterocycles. The number of carbonyl (C=O) groups is 1. The fraction of sp³-hybridized carbons (Fsp3) is 0.513. The lowest BCUT2D eigenvalue weighted by atomic mass is 9.84. The molecular weight excluding hydrogens is 544 g/mol. The molecule has 0 radical (unpaired) electrons. The van der Waals surface area contributed by atoms with Crippen molar-refractivity contribution in [1.29, 1.82) is 0 Å². The quantitative estimate of drug-likeness (QED) is 0.240. The SMILES string of the molecule is COc1ccc(CN(Cc2ccc3c(c2)CCC(N(C)C(=O)c2ccc(C4CCCCC4)cc2)C3)CC2CCOCC2)cc1. The molecule has 1 atom stereocenters. The van der Waals surface area contributed by atoms with Crippen LogP contribution in [0.15, 0.2) is 66.7 Å². The van der Waals surface area contributed by atoms with Gasteiger partial charge in [-0.2, -0.15) is 0 Å². The molecule has 2 fully saturated rings. The Bertz CT molecular complexity index is 1360. The van der Waals surface area contributed by atoms with Crippen molar-refractivity contribution in [3.63, 3.8) is 0 Å². The van der Waals surface area contributed by atoms with Crippen LogP contribution in [0.4, 0.5) is 0 Å². The lowest BCUT2D eigenvalue weighted by Crippen LogP contribution is -2.40. The molecule has 3 aliphatic rings. The van der Waals surface area contributed by atoms with Gasteiger partial charge in [-0.3, -0.25) is 9.69 Å². The average molecular weight is 595 g/mol. The van der Waals surface area contributed by atoms with Crippen LogP contribution < -0.4 is 4.74 Å². The first kappa shape index (κ1) is 30.9. The van der Waals surface area contributed by atoms with Crippen LogP contribution in [-0.2, 0) is 30.7 Å². The molecule has 1 aliphatic heterocycles. The maximum Gasteiger partial charge on any atom is 0.253 e. The Kier molecular flexibility index (Phi) is 10.3. The second kappa shape index (κ2) is 14.8. The number of carbonyl (C=O) groups excluding carboxylic acids is 1. The van der Waals surface area contributed by atoms with Crippen LogP contribution in [0, 0.1) is 5.92 Å². The van der Waals surface area contributed by atoms with Gasteiger partial charge in [0.05, 0.1) is 7.11 Å². The van der Waals surface area contributed by atoms with Gasteiger partial charge in [0.25, 0.3) is 5.91 Å². The zero-order valence-electron chi connectivity index (χ0n) is 26.8. The summed E-state index contributed by atoms with van der Waals surface area (Å²) in [6, 6.07) is 24.3. The van der Waals surface area contributed by atoms with Gasteiger partial charge in [-0.1, -0.05) is 61.7 Å². The van der Waals surface area contributed by atoms with Crippen LogP contribution in [0.1, 0.15) is 95.5 Å². The van der Waals surface area contributed by atoms with Crippen LogP contribution in [0.5, 0.6) is 5.75 Å². The number of rotatable bonds is 10. The Balaban J connectivity index is 1.09. The second-order valence-electron chi connectivity index (χ2n) is 13.4. The van der Waals surface area contributed by atoms with Crippen LogP contribution in [0.3, 0.4) is 0 Å². The standard InChI is InChI=1S/C39H50N2O3/c1-40(39(42)34-14-12-33(13-15-34)32-6-4-3-5-7-32)37-17-16-35-24-31(8-11-36(35)25-37)28-41(27-30-20-22-44-23-21-30)26-29-9-18-38(43-2)19-10-29/h8-15,18-19,24,30,32,37H,3-7,16-17,20-23,25-28H2,1-2H3. The van der Waals surface area contributed by atoms with Crippen LogP contribution >= 0.6 is 0 Å². The summed E-state index contributed by atoms with van der Waals surface area (Å²) in [5.41, 5.74) is 7.76. The molecule has 3 aromatic rings. The minimum absolute atomic E-state index is 0.146. The molecule has 234 valence electrons. The number of hydrogen-bond acceptors (Lipinski definition) is 4. The van der Waals surface area contributed by atoms with Crippen molar-refractivity contribution in [1.82, 2.24) is 9.80 Å². The number of aryl methyl sites for hydroxylation is 1. The lowest BCUT2D eigenvalue weighted by molar-refractivity contribution is 0.0501. The van der Waals surface area contributed by atoms with Gasteiger partial charge in [0.15, 0.2) is 0 Å². The molecule has 5 nitrogen and oxygen atoms in total. The van der Waals surface area contributed by atoms with Crippen LogP contribution in [0.2, 0.25) is 0 Å². The van der Waals surface area contributed by atoms with Crippen molar-refractivity contribution in [2.45, 2.75) is 89.3 Å². The fourth-order valence-corrected chi connectivity index (χ4v) is 7.65. The monoisotopic (exact) mass is 594 g/mol. The highest BCUT2D eigenvalue weighted by Gasteiger charge is 2.27. The Morgan fingerprint density at radius 1 is 0.818 bits per heavy atom. The summed E-state index contributed by atoms with van der Waals surface area (Å²) in [4.78, 5) is 18.1. The van der Waals surface area contributed by atoms with E-state index in [0.29, 0.717) is 11.8 Å². The number of hydrogen-bond donors (Lipinski definition) is 0. The zero-order valence-corrected chi connectivity index (χ0v) is 26.8. The van der Waals surface area contributed by atoms with Crippen molar-refractivity contribution in [2.75, 3.05) is 33.9 Å². The Morgan fingerprint density at radius 3 is 2.25 bits per heavy atom. The van der Waals surface area contributed by atoms with Crippen LogP contribution in [-0.4, -0.2) is 55.7 Å². The number of nitrogens with zero attached hydrogens (tertiary/aromatic N) is 2. The Hall–Kier alpha value is -3.15. The first-order chi connectivity index (χ1) is 21.6. The van der Waals surface area contributed by atoms with Crippen molar-refractivity contribution in [2.24, 2.45) is 5.92 Å². The Labute approximate surface area is 264 Å². The first-order valence-electron chi connectivity index (χ1n) is 17.0. The molecule has 0 bridgehead atoms. The molecule has 2 aliphatic carbocycles. The van der Waals surface area contributed by atoms with E-state index in [2.05, 4.69) is 71.6 Å². The number of fused-ring (bicyclic) bond motifs is 1. The summed E-state index contributed by atoms with van der Waals surface area (Å²) in [5.74, 6) is 2.39. The van der Waals surface area contributed by atoms with Gasteiger partial charge in [-0.15, -0.1) is 0 Å². The van der Waals surface area contributed by atoms with Gasteiger partial charge in [-0.25, -0.2) is 0 Å². The maximum atomic E-state index is 13.5. The summed E-state index contributed by atoms with van der Waals surface area (Å²) in [6.07, 6.45) is 11.8. The van der Waals surface area contributed by atoms with Gasteiger partial charge < -0.3 is 14.4 Å². The summed E-state index contributed by atoms with van der Waals surface area (Å²) in [7, 11) is 3.71. The van der Waals surface area contributed by atoms with Crippen LogP contribution in [0.25, 0.3) is 0 Å². The smallest absolute Gasteiger partial charge is 0.253 e. The molecule has 0 N–H and O–H groups in total. The minimum atomic E-state index is 0.146. The van der Waals surface area contributed by atoms with E-state index in [1.54, 1.807) is 7.11 Å². The van der Waals surface area contributed by atoms with E-state index < -0.39 is 0 Å². The molecule has 5 heteroatoms. The van der Waals surface area contributed by atoms with Crippen molar-refractivity contribution >= 4 is 5.91 Å². The van der Waals surface area contributed by atoms with Crippen molar-refractivity contribution < 1.29 is 14.3 Å². The summed E-state index contributed by atoms with van der Waals surface area (Å²) < 4.78 is 11.0. The predicted octanol–water partition coefficient (Wildman–Crippen LogP) is 7.80. The van der Waals surface area contributed by atoms with Gasteiger partial charge >= 0.3 is 0 Å². The molecule has 1 unspecified atom stereocenters. The minimum Gasteiger partial charge on any atom is -0.497 e. The largest absolute Gasteiger partial charge is 0.497 e. The third-order valence-electron chi connectivity index (χ3n) is 10.4. The number of ether oxygens (including phenoxy) is 2. The highest BCUT2D eigenvalue weighted by atomic mass is 16.5. The lowest BCUT2D eigenvalue weighted by Gasteiger charge is -2.33. The molecule has 3 aromatic carbocycles. The van der Waals surface area contributed by atoms with E-state index in [4.69, 9.17) is 9.47 Å². The maximum absolute atomic E-state index is 13.5. The number of benzene rings is 3. The van der Waals surface area contributed by atoms with Gasteiger partial charge in [0.2, 0.25) is 0 Å². The van der Waals surface area contributed by atoms with E-state index in [1.807, 2.05) is 11.9 Å². The normalized spacial score (nSPS) is 19.5. The molecule has 6 rings (SSSR count). The topological polar surface area (TPSA) is 42.0 Å². The van der Waals surface area contributed by atoms with Crippen molar-refractivity contribution in [3.8, 4) is 5.75 Å². The van der Waals surface area contributed by atoms with E-state index in [1.165, 1.54) is 59.9 Å². The summed E-state index contributed by atoms with van der Waals surface area (Å²) in [6.45, 7) is 4.71. The fourth-order valence-electron chi connectivity index (χ4n) is 7.65. The summed E-state index contributed by atoms with van der Waals surface area (Å²) in [5, 5.41) is 0. The second-order valence-corrected chi connectivity index (χ2v) is 13.4. The highest BCUT2D eigenvalue weighted by molar-refractivity contribution is 5.94. The van der Waals surface area contributed by atoms with Gasteiger partial charge in [-0.05, 0) is 109 Å². The number of methoxy groups -OCH3 is 1.